The zero-order valence-corrected chi connectivity index (χ0v) is 18.7. The van der Waals surface area contributed by atoms with Gasteiger partial charge in [0.05, 0.1) is 23.8 Å². The molecule has 0 aliphatic carbocycles. The molecule has 1 aromatic carbocycles. The summed E-state index contributed by atoms with van der Waals surface area (Å²) in [6, 6.07) is 12.8. The van der Waals surface area contributed by atoms with Gasteiger partial charge in [0.1, 0.15) is 5.65 Å². The van der Waals surface area contributed by atoms with Gasteiger partial charge in [-0.3, -0.25) is 9.59 Å². The summed E-state index contributed by atoms with van der Waals surface area (Å²) in [5.41, 5.74) is 0.944. The zero-order valence-electron chi connectivity index (χ0n) is 18.7. The van der Waals surface area contributed by atoms with Gasteiger partial charge in [-0.05, 0) is 24.1 Å². The molecule has 11 heteroatoms. The van der Waals surface area contributed by atoms with Crippen LogP contribution in [0.25, 0.3) is 5.65 Å². The van der Waals surface area contributed by atoms with Gasteiger partial charge >= 0.3 is 7.12 Å². The van der Waals surface area contributed by atoms with Crippen LogP contribution >= 0.6 is 0 Å². The highest BCUT2D eigenvalue weighted by molar-refractivity contribution is 6.43. The normalized spacial score (nSPS) is 18.1. The Morgan fingerprint density at radius 1 is 1.21 bits per heavy atom. The minimum Gasteiger partial charge on any atom is -0.426 e. The summed E-state index contributed by atoms with van der Waals surface area (Å²) < 4.78 is 1.75. The number of oxime groups is 1. The van der Waals surface area contributed by atoms with Crippen LogP contribution in [-0.4, -0.2) is 62.2 Å². The van der Waals surface area contributed by atoms with Crippen LogP contribution in [0.3, 0.4) is 0 Å². The van der Waals surface area contributed by atoms with Crippen LogP contribution in [-0.2, 0) is 16.1 Å². The van der Waals surface area contributed by atoms with E-state index in [4.69, 9.17) is 4.84 Å². The lowest BCUT2D eigenvalue weighted by atomic mass is 9.77. The number of rotatable bonds is 9. The Morgan fingerprint density at radius 3 is 2.74 bits per heavy atom. The number of imidazole rings is 1. The number of carbonyl (C=O) groups excluding carboxylic acids is 2. The predicted molar refractivity (Wildman–Crippen MR) is 126 cm³/mol. The predicted octanol–water partition coefficient (Wildman–Crippen LogP) is 0.729. The molecule has 3 aromatic rings. The molecule has 4 N–H and O–H groups in total. The number of hydrogen-bond acceptors (Lipinski definition) is 7. The number of amides is 2. The fourth-order valence-electron chi connectivity index (χ4n) is 3.95. The number of nitrogens with zero attached hydrogens (tertiary/aromatic N) is 3. The standard InChI is InChI=1S/C23H26BN5O5/c1-2-19(24(32)33)27-22(31)23(13-16-7-4-3-5-8-16)14-17(28-34-23)15-26-21(30)18-9-6-11-29-12-10-25-20(18)29/h3-12,19,32-33H,2,13-15H2,1H3,(H,26,30)(H,27,31). The van der Waals surface area contributed by atoms with Crippen LogP contribution in [0, 0.1) is 0 Å². The molecule has 2 unspecified atom stereocenters. The quantitative estimate of drug-likeness (QED) is 0.346. The minimum absolute atomic E-state index is 0.0875. The third kappa shape index (κ3) is 4.95. The van der Waals surface area contributed by atoms with Crippen molar-refractivity contribution in [1.82, 2.24) is 20.0 Å². The lowest BCUT2D eigenvalue weighted by Gasteiger charge is -2.28. The third-order valence-corrected chi connectivity index (χ3v) is 5.82. The molecule has 10 nitrogen and oxygen atoms in total. The van der Waals surface area contributed by atoms with Crippen LogP contribution in [0.15, 0.2) is 66.2 Å². The largest absolute Gasteiger partial charge is 0.475 e. The van der Waals surface area contributed by atoms with Crippen molar-refractivity contribution in [1.29, 1.82) is 0 Å². The Balaban J connectivity index is 1.47. The van der Waals surface area contributed by atoms with Crippen molar-refractivity contribution in [3.63, 3.8) is 0 Å². The number of hydrogen-bond donors (Lipinski definition) is 4. The minimum atomic E-state index is -1.70. The Bertz CT molecular complexity index is 1200. The topological polar surface area (TPSA) is 138 Å². The van der Waals surface area contributed by atoms with E-state index in [0.29, 0.717) is 23.3 Å². The first kappa shape index (κ1) is 23.5. The summed E-state index contributed by atoms with van der Waals surface area (Å²) in [4.78, 5) is 35.9. The lowest BCUT2D eigenvalue weighted by molar-refractivity contribution is -0.144. The van der Waals surface area contributed by atoms with Crippen LogP contribution in [0.5, 0.6) is 0 Å². The molecular formula is C23H26BN5O5. The third-order valence-electron chi connectivity index (χ3n) is 5.82. The van der Waals surface area contributed by atoms with Crippen molar-refractivity contribution >= 4 is 30.3 Å². The van der Waals surface area contributed by atoms with E-state index in [2.05, 4.69) is 20.8 Å². The Hall–Kier alpha value is -3.70. The summed E-state index contributed by atoms with van der Waals surface area (Å²) in [6.07, 6.45) is 5.87. The van der Waals surface area contributed by atoms with E-state index < -0.39 is 24.6 Å². The molecule has 2 amide bonds. The first-order valence-electron chi connectivity index (χ1n) is 11.1. The van der Waals surface area contributed by atoms with Gasteiger partial charge < -0.3 is 29.9 Å². The molecule has 2 aromatic heterocycles. The first-order chi connectivity index (χ1) is 16.4. The van der Waals surface area contributed by atoms with Gasteiger partial charge in [-0.25, -0.2) is 4.98 Å². The average Bonchev–Trinajstić information content (AvgIpc) is 3.49. The van der Waals surface area contributed by atoms with E-state index in [1.807, 2.05) is 30.3 Å². The highest BCUT2D eigenvalue weighted by Gasteiger charge is 2.47. The van der Waals surface area contributed by atoms with Gasteiger partial charge in [-0.2, -0.15) is 0 Å². The van der Waals surface area contributed by atoms with E-state index in [-0.39, 0.29) is 25.3 Å². The molecule has 176 valence electrons. The Labute approximate surface area is 196 Å². The highest BCUT2D eigenvalue weighted by Crippen LogP contribution is 2.29. The van der Waals surface area contributed by atoms with Crippen molar-refractivity contribution in [2.45, 2.75) is 37.7 Å². The van der Waals surface area contributed by atoms with Crippen LogP contribution in [0.2, 0.25) is 0 Å². The van der Waals surface area contributed by atoms with Crippen molar-refractivity contribution in [3.05, 3.63) is 72.2 Å². The summed E-state index contributed by atoms with van der Waals surface area (Å²) in [5, 5.41) is 28.7. The fourth-order valence-corrected chi connectivity index (χ4v) is 3.95. The second-order valence-electron chi connectivity index (χ2n) is 8.25. The molecule has 0 bridgehead atoms. The molecule has 34 heavy (non-hydrogen) atoms. The van der Waals surface area contributed by atoms with Gasteiger partial charge in [0.25, 0.3) is 11.8 Å². The van der Waals surface area contributed by atoms with E-state index in [1.165, 1.54) is 0 Å². The maximum atomic E-state index is 13.2. The Kier molecular flexibility index (Phi) is 6.94. The van der Waals surface area contributed by atoms with Gasteiger partial charge in [0.2, 0.25) is 5.60 Å². The maximum Gasteiger partial charge on any atom is 0.475 e. The molecule has 4 rings (SSSR count). The van der Waals surface area contributed by atoms with Crippen molar-refractivity contribution < 1.29 is 24.5 Å². The van der Waals surface area contributed by atoms with Crippen molar-refractivity contribution in [2.75, 3.05) is 6.54 Å². The van der Waals surface area contributed by atoms with Gasteiger partial charge in [0, 0.05) is 31.4 Å². The number of aromatic nitrogens is 2. The second-order valence-corrected chi connectivity index (χ2v) is 8.25. The molecule has 1 aliphatic heterocycles. The van der Waals surface area contributed by atoms with Crippen LogP contribution in [0.1, 0.15) is 35.7 Å². The summed E-state index contributed by atoms with van der Waals surface area (Å²) >= 11 is 0. The van der Waals surface area contributed by atoms with E-state index in [0.717, 1.165) is 5.56 Å². The SMILES string of the molecule is CCC(NC(=O)C1(Cc2ccccc2)CC(CNC(=O)c2cccn3ccnc23)=NO1)B(O)O. The second kappa shape index (κ2) is 10.1. The molecule has 0 saturated carbocycles. The number of fused-ring (bicyclic) bond motifs is 1. The summed E-state index contributed by atoms with van der Waals surface area (Å²) in [6.45, 7) is 1.83. The average molecular weight is 463 g/mol. The van der Waals surface area contributed by atoms with E-state index >= 15 is 0 Å². The number of nitrogens with one attached hydrogen (secondary N) is 2. The Morgan fingerprint density at radius 2 is 2.00 bits per heavy atom. The van der Waals surface area contributed by atoms with Crippen molar-refractivity contribution in [3.8, 4) is 0 Å². The summed E-state index contributed by atoms with van der Waals surface area (Å²) in [5.74, 6) is -1.66. The van der Waals surface area contributed by atoms with Gasteiger partial charge in [0.15, 0.2) is 0 Å². The van der Waals surface area contributed by atoms with E-state index in [9.17, 15) is 19.6 Å². The molecule has 0 radical (unpaired) electrons. The highest BCUT2D eigenvalue weighted by atomic mass is 16.7. The molecule has 0 fully saturated rings. The van der Waals surface area contributed by atoms with Crippen LogP contribution in [0.4, 0.5) is 0 Å². The fraction of sp³-hybridized carbons (Fsp3) is 0.304. The number of carbonyl (C=O) groups is 2. The van der Waals surface area contributed by atoms with Gasteiger partial charge in [-0.15, -0.1) is 0 Å². The maximum absolute atomic E-state index is 13.2. The molecule has 2 atom stereocenters. The number of benzene rings is 1. The summed E-state index contributed by atoms with van der Waals surface area (Å²) in [7, 11) is -1.70. The number of pyridine rings is 1. The molecule has 3 heterocycles. The molecule has 0 saturated heterocycles. The van der Waals surface area contributed by atoms with E-state index in [1.54, 1.807) is 42.0 Å². The first-order valence-corrected chi connectivity index (χ1v) is 11.1. The molecule has 1 aliphatic rings. The van der Waals surface area contributed by atoms with Gasteiger partial charge in [-0.1, -0.05) is 42.4 Å². The smallest absolute Gasteiger partial charge is 0.426 e. The van der Waals surface area contributed by atoms with Crippen molar-refractivity contribution in [2.24, 2.45) is 5.16 Å². The monoisotopic (exact) mass is 463 g/mol. The molecular weight excluding hydrogens is 437 g/mol. The molecule has 0 spiro atoms. The van der Waals surface area contributed by atoms with Crippen LogP contribution < -0.4 is 10.6 Å². The lowest BCUT2D eigenvalue weighted by Crippen LogP contribution is -2.55. The zero-order chi connectivity index (χ0) is 24.1.